The van der Waals surface area contributed by atoms with Gasteiger partial charge in [0.05, 0.1) is 17.6 Å². The Balaban J connectivity index is 2.65. The van der Waals surface area contributed by atoms with E-state index in [1.54, 1.807) is 12.4 Å². The van der Waals surface area contributed by atoms with E-state index in [1.165, 1.54) is 0 Å². The van der Waals surface area contributed by atoms with E-state index in [-0.39, 0.29) is 5.54 Å². The van der Waals surface area contributed by atoms with Gasteiger partial charge < -0.3 is 4.57 Å². The van der Waals surface area contributed by atoms with Crippen molar-refractivity contribution in [1.82, 2.24) is 14.5 Å². The molecule has 0 N–H and O–H groups in total. The number of halogens is 1. The van der Waals surface area contributed by atoms with E-state index >= 15 is 0 Å². The fourth-order valence-corrected chi connectivity index (χ4v) is 2.65. The normalized spacial score (nSPS) is 12.2. The van der Waals surface area contributed by atoms with E-state index in [1.807, 2.05) is 6.07 Å². The van der Waals surface area contributed by atoms with Crippen LogP contribution in [0, 0.1) is 0 Å². The summed E-state index contributed by atoms with van der Waals surface area (Å²) in [5.74, 6) is 1.36. The average molecular weight is 252 g/mol. The van der Waals surface area contributed by atoms with Gasteiger partial charge in [-0.05, 0) is 26.3 Å². The highest BCUT2D eigenvalue weighted by Gasteiger charge is 2.24. The van der Waals surface area contributed by atoms with Crippen molar-refractivity contribution in [1.29, 1.82) is 0 Å². The molecule has 4 heteroatoms. The molecule has 0 unspecified atom stereocenters. The van der Waals surface area contributed by atoms with Crippen LogP contribution in [0.5, 0.6) is 0 Å². The van der Waals surface area contributed by atoms with Crippen LogP contribution in [0.3, 0.4) is 0 Å². The van der Waals surface area contributed by atoms with Crippen molar-refractivity contribution in [3.05, 3.63) is 24.3 Å². The minimum absolute atomic E-state index is 0.0368. The second-order valence-corrected chi connectivity index (χ2v) is 5.19. The minimum atomic E-state index is 0.0368. The molecular formula is C13H18ClN3. The molecule has 2 rings (SSSR count). The molecule has 0 saturated heterocycles. The Labute approximate surface area is 107 Å². The zero-order valence-corrected chi connectivity index (χ0v) is 11.3. The molecule has 92 valence electrons. The molecule has 0 atom stereocenters. The minimum Gasteiger partial charge on any atom is -0.321 e. The van der Waals surface area contributed by atoms with Crippen molar-refractivity contribution < 1.29 is 0 Å². The van der Waals surface area contributed by atoms with Gasteiger partial charge in [0.2, 0.25) is 0 Å². The average Bonchev–Trinajstić information content (AvgIpc) is 2.67. The molecule has 0 aliphatic rings. The van der Waals surface area contributed by atoms with E-state index in [0.717, 1.165) is 29.7 Å². The highest BCUT2D eigenvalue weighted by atomic mass is 35.5. The summed E-state index contributed by atoms with van der Waals surface area (Å²) in [6.45, 7) is 6.66. The molecular weight excluding hydrogens is 234 g/mol. The summed E-state index contributed by atoms with van der Waals surface area (Å²) in [4.78, 5) is 8.66. The summed E-state index contributed by atoms with van der Waals surface area (Å²) < 4.78 is 2.25. The SMILES string of the molecule is CCCC(C)(C)n1c(CCl)nc2cnccc21. The second-order valence-electron chi connectivity index (χ2n) is 4.92. The predicted octanol–water partition coefficient (Wildman–Crippen LogP) is 3.71. The first kappa shape index (κ1) is 12.4. The highest BCUT2D eigenvalue weighted by Crippen LogP contribution is 2.29. The van der Waals surface area contributed by atoms with E-state index < -0.39 is 0 Å². The van der Waals surface area contributed by atoms with Gasteiger partial charge in [-0.15, -0.1) is 11.6 Å². The first-order valence-electron chi connectivity index (χ1n) is 5.98. The third-order valence-electron chi connectivity index (χ3n) is 3.11. The predicted molar refractivity (Wildman–Crippen MR) is 71.3 cm³/mol. The summed E-state index contributed by atoms with van der Waals surface area (Å²) >= 11 is 6.01. The van der Waals surface area contributed by atoms with Crippen molar-refractivity contribution in [3.8, 4) is 0 Å². The highest BCUT2D eigenvalue weighted by molar-refractivity contribution is 6.16. The molecule has 0 aromatic carbocycles. The van der Waals surface area contributed by atoms with Gasteiger partial charge in [0.25, 0.3) is 0 Å². The number of pyridine rings is 1. The maximum atomic E-state index is 6.01. The van der Waals surface area contributed by atoms with Gasteiger partial charge in [0.1, 0.15) is 11.3 Å². The quantitative estimate of drug-likeness (QED) is 0.776. The third kappa shape index (κ3) is 2.16. The number of hydrogen-bond donors (Lipinski definition) is 0. The lowest BCUT2D eigenvalue weighted by atomic mass is 9.98. The Hall–Kier alpha value is -1.09. The molecule has 0 fully saturated rings. The zero-order valence-electron chi connectivity index (χ0n) is 10.6. The number of fused-ring (bicyclic) bond motifs is 1. The molecule has 3 nitrogen and oxygen atoms in total. The van der Waals surface area contributed by atoms with Crippen LogP contribution in [0.25, 0.3) is 11.0 Å². The monoisotopic (exact) mass is 251 g/mol. The van der Waals surface area contributed by atoms with Crippen LogP contribution >= 0.6 is 11.6 Å². The largest absolute Gasteiger partial charge is 0.321 e. The van der Waals surface area contributed by atoms with Gasteiger partial charge in [0, 0.05) is 11.7 Å². The van der Waals surface area contributed by atoms with E-state index in [9.17, 15) is 0 Å². The number of alkyl halides is 1. The summed E-state index contributed by atoms with van der Waals surface area (Å²) in [6, 6.07) is 2.01. The molecule has 2 aromatic heterocycles. The van der Waals surface area contributed by atoms with Crippen molar-refractivity contribution >= 4 is 22.6 Å². The summed E-state index contributed by atoms with van der Waals surface area (Å²) in [5.41, 5.74) is 2.08. The van der Waals surface area contributed by atoms with Crippen molar-refractivity contribution in [2.24, 2.45) is 0 Å². The Morgan fingerprint density at radius 1 is 1.41 bits per heavy atom. The molecule has 2 aromatic rings. The van der Waals surface area contributed by atoms with Gasteiger partial charge in [-0.2, -0.15) is 0 Å². The van der Waals surface area contributed by atoms with Gasteiger partial charge in [-0.3, -0.25) is 4.98 Å². The fraction of sp³-hybridized carbons (Fsp3) is 0.538. The first-order valence-corrected chi connectivity index (χ1v) is 6.51. The number of nitrogens with zero attached hydrogens (tertiary/aromatic N) is 3. The van der Waals surface area contributed by atoms with Gasteiger partial charge >= 0.3 is 0 Å². The van der Waals surface area contributed by atoms with Crippen LogP contribution in [0.15, 0.2) is 18.5 Å². The lowest BCUT2D eigenvalue weighted by molar-refractivity contribution is 0.326. The second kappa shape index (κ2) is 4.65. The van der Waals surface area contributed by atoms with Crippen molar-refractivity contribution in [2.75, 3.05) is 0 Å². The Bertz CT molecular complexity index is 516. The Morgan fingerprint density at radius 2 is 2.18 bits per heavy atom. The van der Waals surface area contributed by atoms with Gasteiger partial charge in [-0.1, -0.05) is 13.3 Å². The topological polar surface area (TPSA) is 30.7 Å². The standard InChI is InChI=1S/C13H18ClN3/c1-4-6-13(2,3)17-11-5-7-15-9-10(11)16-12(17)8-14/h5,7,9H,4,6,8H2,1-3H3. The lowest BCUT2D eigenvalue weighted by Gasteiger charge is -2.28. The molecule has 0 radical (unpaired) electrons. The first-order chi connectivity index (χ1) is 8.10. The number of hydrogen-bond acceptors (Lipinski definition) is 2. The summed E-state index contributed by atoms with van der Waals surface area (Å²) in [7, 11) is 0. The summed E-state index contributed by atoms with van der Waals surface area (Å²) in [5, 5.41) is 0. The van der Waals surface area contributed by atoms with Crippen molar-refractivity contribution in [2.45, 2.75) is 45.0 Å². The maximum Gasteiger partial charge on any atom is 0.125 e. The maximum absolute atomic E-state index is 6.01. The molecule has 0 saturated carbocycles. The molecule has 0 spiro atoms. The molecule has 0 aliphatic carbocycles. The Morgan fingerprint density at radius 3 is 2.82 bits per heavy atom. The Kier molecular flexibility index (Phi) is 3.38. The van der Waals surface area contributed by atoms with E-state index in [4.69, 9.17) is 11.6 Å². The van der Waals surface area contributed by atoms with Crippen LogP contribution in [0.1, 0.15) is 39.4 Å². The smallest absolute Gasteiger partial charge is 0.125 e. The van der Waals surface area contributed by atoms with Gasteiger partial charge in [-0.25, -0.2) is 4.98 Å². The number of imidazole rings is 1. The van der Waals surface area contributed by atoms with Crippen LogP contribution in [0.4, 0.5) is 0 Å². The van der Waals surface area contributed by atoms with E-state index in [2.05, 4.69) is 35.3 Å². The molecule has 0 bridgehead atoms. The van der Waals surface area contributed by atoms with E-state index in [0.29, 0.717) is 5.88 Å². The fourth-order valence-electron chi connectivity index (χ4n) is 2.47. The lowest BCUT2D eigenvalue weighted by Crippen LogP contribution is -2.27. The molecule has 17 heavy (non-hydrogen) atoms. The zero-order chi connectivity index (χ0) is 12.5. The number of rotatable bonds is 4. The number of aromatic nitrogens is 3. The van der Waals surface area contributed by atoms with Crippen LogP contribution in [-0.2, 0) is 11.4 Å². The molecule has 0 aliphatic heterocycles. The van der Waals surface area contributed by atoms with Crippen LogP contribution in [0.2, 0.25) is 0 Å². The third-order valence-corrected chi connectivity index (χ3v) is 3.35. The molecule has 0 amide bonds. The van der Waals surface area contributed by atoms with Crippen LogP contribution < -0.4 is 0 Å². The van der Waals surface area contributed by atoms with Crippen LogP contribution in [-0.4, -0.2) is 14.5 Å². The molecule has 2 heterocycles. The van der Waals surface area contributed by atoms with Gasteiger partial charge in [0.15, 0.2) is 0 Å². The summed E-state index contributed by atoms with van der Waals surface area (Å²) in [6.07, 6.45) is 5.84. The van der Waals surface area contributed by atoms with Crippen molar-refractivity contribution in [3.63, 3.8) is 0 Å².